The topological polar surface area (TPSA) is 97.0 Å². The molecule has 2 aliphatic rings. The maximum atomic E-state index is 12.4. The van der Waals surface area contributed by atoms with Gasteiger partial charge in [-0.1, -0.05) is 18.2 Å². The molecule has 1 atom stereocenters. The van der Waals surface area contributed by atoms with Crippen LogP contribution < -0.4 is 25.0 Å². The molecule has 0 radical (unpaired) electrons. The van der Waals surface area contributed by atoms with Crippen LogP contribution in [-0.2, 0) is 14.4 Å². The zero-order chi connectivity index (χ0) is 19.5. The smallest absolute Gasteiger partial charge is 0.243 e. The summed E-state index contributed by atoms with van der Waals surface area (Å²) in [5, 5.41) is 5.30. The van der Waals surface area contributed by atoms with Crippen molar-refractivity contribution >= 4 is 29.1 Å². The largest absolute Gasteiger partial charge is 0.454 e. The van der Waals surface area contributed by atoms with E-state index in [9.17, 15) is 14.4 Å². The van der Waals surface area contributed by atoms with Crippen molar-refractivity contribution in [2.24, 2.45) is 5.92 Å². The molecule has 4 rings (SSSR count). The summed E-state index contributed by atoms with van der Waals surface area (Å²) >= 11 is 0. The van der Waals surface area contributed by atoms with Gasteiger partial charge in [0.25, 0.3) is 0 Å². The van der Waals surface area contributed by atoms with Gasteiger partial charge in [0.1, 0.15) is 0 Å². The molecule has 0 spiro atoms. The number of hydrogen-bond donors (Lipinski definition) is 2. The first-order chi connectivity index (χ1) is 13.6. The fraction of sp³-hybridized carbons (Fsp3) is 0.250. The number of fused-ring (bicyclic) bond motifs is 1. The van der Waals surface area contributed by atoms with Crippen LogP contribution in [0.1, 0.15) is 6.42 Å². The van der Waals surface area contributed by atoms with E-state index in [0.717, 1.165) is 5.69 Å². The number of nitrogens with one attached hydrogen (secondary N) is 2. The van der Waals surface area contributed by atoms with Gasteiger partial charge in [0.2, 0.25) is 24.5 Å². The van der Waals surface area contributed by atoms with Gasteiger partial charge in [-0.25, -0.2) is 0 Å². The van der Waals surface area contributed by atoms with Crippen LogP contribution in [0.5, 0.6) is 11.5 Å². The Morgan fingerprint density at radius 1 is 1.07 bits per heavy atom. The van der Waals surface area contributed by atoms with Crippen molar-refractivity contribution in [3.8, 4) is 11.5 Å². The van der Waals surface area contributed by atoms with E-state index in [1.807, 2.05) is 30.3 Å². The Bertz CT molecular complexity index is 915. The number of rotatable bonds is 5. The molecule has 2 aromatic carbocycles. The minimum Gasteiger partial charge on any atom is -0.454 e. The van der Waals surface area contributed by atoms with Crippen LogP contribution in [0.3, 0.4) is 0 Å². The zero-order valence-electron chi connectivity index (χ0n) is 15.0. The lowest BCUT2D eigenvalue weighted by Gasteiger charge is -2.16. The summed E-state index contributed by atoms with van der Waals surface area (Å²) in [6.45, 7) is 0.282. The summed E-state index contributed by atoms with van der Waals surface area (Å²) in [6, 6.07) is 14.3. The van der Waals surface area contributed by atoms with E-state index in [1.54, 1.807) is 23.1 Å². The highest BCUT2D eigenvalue weighted by Gasteiger charge is 2.35. The quantitative estimate of drug-likeness (QED) is 0.819. The normalized spacial score (nSPS) is 17.5. The molecule has 0 aliphatic carbocycles. The molecule has 3 amide bonds. The summed E-state index contributed by atoms with van der Waals surface area (Å²) in [5.74, 6) is -0.0706. The third kappa shape index (κ3) is 3.75. The molecule has 0 bridgehead atoms. The Morgan fingerprint density at radius 2 is 1.86 bits per heavy atom. The van der Waals surface area contributed by atoms with E-state index in [0.29, 0.717) is 23.7 Å². The number of anilines is 2. The monoisotopic (exact) mass is 381 g/mol. The van der Waals surface area contributed by atoms with Gasteiger partial charge in [-0.05, 0) is 24.3 Å². The van der Waals surface area contributed by atoms with Gasteiger partial charge >= 0.3 is 0 Å². The summed E-state index contributed by atoms with van der Waals surface area (Å²) in [4.78, 5) is 38.3. The number of nitrogens with zero attached hydrogens (tertiary/aromatic N) is 1. The molecule has 1 unspecified atom stereocenters. The van der Waals surface area contributed by atoms with Crippen molar-refractivity contribution in [3.63, 3.8) is 0 Å². The lowest BCUT2D eigenvalue weighted by Crippen LogP contribution is -2.37. The second-order valence-corrected chi connectivity index (χ2v) is 6.57. The molecule has 0 saturated carbocycles. The van der Waals surface area contributed by atoms with E-state index in [2.05, 4.69) is 10.6 Å². The van der Waals surface area contributed by atoms with Crippen LogP contribution in [0.15, 0.2) is 48.5 Å². The molecule has 2 aromatic rings. The third-order valence-electron chi connectivity index (χ3n) is 4.64. The average molecular weight is 381 g/mol. The average Bonchev–Trinajstić information content (AvgIpc) is 3.33. The molecule has 1 saturated heterocycles. The number of para-hydroxylation sites is 1. The number of benzene rings is 2. The first-order valence-electron chi connectivity index (χ1n) is 8.93. The molecule has 144 valence electrons. The summed E-state index contributed by atoms with van der Waals surface area (Å²) in [5.41, 5.74) is 1.32. The second-order valence-electron chi connectivity index (χ2n) is 6.57. The first-order valence-corrected chi connectivity index (χ1v) is 8.93. The Hall–Kier alpha value is -3.55. The molecule has 2 heterocycles. The van der Waals surface area contributed by atoms with Crippen LogP contribution in [0.4, 0.5) is 11.4 Å². The lowest BCUT2D eigenvalue weighted by atomic mass is 10.1. The van der Waals surface area contributed by atoms with Gasteiger partial charge in [-0.2, -0.15) is 0 Å². The van der Waals surface area contributed by atoms with Crippen molar-refractivity contribution in [3.05, 3.63) is 48.5 Å². The predicted molar refractivity (Wildman–Crippen MR) is 101 cm³/mol. The van der Waals surface area contributed by atoms with E-state index >= 15 is 0 Å². The molecule has 8 heteroatoms. The Balaban J connectivity index is 1.28. The fourth-order valence-corrected chi connectivity index (χ4v) is 3.23. The van der Waals surface area contributed by atoms with Crippen molar-refractivity contribution in [1.29, 1.82) is 0 Å². The number of amides is 3. The predicted octanol–water partition coefficient (Wildman–Crippen LogP) is 1.52. The van der Waals surface area contributed by atoms with Crippen LogP contribution in [0.25, 0.3) is 0 Å². The minimum atomic E-state index is -0.481. The highest BCUT2D eigenvalue weighted by Crippen LogP contribution is 2.34. The summed E-state index contributed by atoms with van der Waals surface area (Å²) in [7, 11) is 0. The number of ether oxygens (including phenoxy) is 2. The molecule has 1 fully saturated rings. The summed E-state index contributed by atoms with van der Waals surface area (Å²) in [6.07, 6.45) is 0.129. The third-order valence-corrected chi connectivity index (χ3v) is 4.64. The SMILES string of the molecule is O=C(CNC(=O)C1CC(=O)N(c2ccccc2)C1)Nc1ccc2c(c1)OCO2. The second kappa shape index (κ2) is 7.59. The van der Waals surface area contributed by atoms with Gasteiger partial charge in [-0.3, -0.25) is 14.4 Å². The summed E-state index contributed by atoms with van der Waals surface area (Å²) < 4.78 is 10.5. The van der Waals surface area contributed by atoms with Gasteiger partial charge in [0, 0.05) is 30.4 Å². The number of carbonyl (C=O) groups excluding carboxylic acids is 3. The minimum absolute atomic E-state index is 0.101. The first kappa shape index (κ1) is 17.8. The van der Waals surface area contributed by atoms with Gasteiger partial charge in [0.05, 0.1) is 12.5 Å². The van der Waals surface area contributed by atoms with Crippen LogP contribution >= 0.6 is 0 Å². The Morgan fingerprint density at radius 3 is 2.68 bits per heavy atom. The van der Waals surface area contributed by atoms with Crippen molar-refractivity contribution in [1.82, 2.24) is 5.32 Å². The maximum Gasteiger partial charge on any atom is 0.243 e. The van der Waals surface area contributed by atoms with Crippen molar-refractivity contribution in [2.45, 2.75) is 6.42 Å². The maximum absolute atomic E-state index is 12.4. The van der Waals surface area contributed by atoms with E-state index in [1.165, 1.54) is 0 Å². The number of carbonyl (C=O) groups is 3. The van der Waals surface area contributed by atoms with Crippen LogP contribution in [0.2, 0.25) is 0 Å². The van der Waals surface area contributed by atoms with E-state index in [4.69, 9.17) is 9.47 Å². The Labute approximate surface area is 161 Å². The van der Waals surface area contributed by atoms with Crippen LogP contribution in [-0.4, -0.2) is 37.6 Å². The highest BCUT2D eigenvalue weighted by molar-refractivity contribution is 6.01. The van der Waals surface area contributed by atoms with Gasteiger partial charge in [0.15, 0.2) is 11.5 Å². The Kier molecular flexibility index (Phi) is 4.84. The molecule has 2 N–H and O–H groups in total. The van der Waals surface area contributed by atoms with E-state index < -0.39 is 5.92 Å². The van der Waals surface area contributed by atoms with Gasteiger partial charge in [-0.15, -0.1) is 0 Å². The van der Waals surface area contributed by atoms with Crippen molar-refractivity contribution < 1.29 is 23.9 Å². The van der Waals surface area contributed by atoms with Crippen LogP contribution in [0, 0.1) is 5.92 Å². The molecule has 2 aliphatic heterocycles. The van der Waals surface area contributed by atoms with Gasteiger partial charge < -0.3 is 25.0 Å². The molecule has 0 aromatic heterocycles. The molecule has 8 nitrogen and oxygen atoms in total. The lowest BCUT2D eigenvalue weighted by molar-refractivity contribution is -0.127. The molecular formula is C20H19N3O5. The molecular weight excluding hydrogens is 362 g/mol. The molecule has 28 heavy (non-hydrogen) atoms. The standard InChI is InChI=1S/C20H19N3O5/c24-18(22-14-6-7-16-17(9-14)28-12-27-16)10-21-20(26)13-8-19(25)23(11-13)15-4-2-1-3-5-15/h1-7,9,13H,8,10-12H2,(H,21,26)(H,22,24). The highest BCUT2D eigenvalue weighted by atomic mass is 16.7. The fourth-order valence-electron chi connectivity index (χ4n) is 3.23. The zero-order valence-corrected chi connectivity index (χ0v) is 15.0. The number of hydrogen-bond acceptors (Lipinski definition) is 5. The van der Waals surface area contributed by atoms with E-state index in [-0.39, 0.29) is 37.5 Å². The van der Waals surface area contributed by atoms with Crippen molar-refractivity contribution in [2.75, 3.05) is 30.1 Å².